The summed E-state index contributed by atoms with van der Waals surface area (Å²) in [5, 5.41) is 11.5. The first-order valence-electron chi connectivity index (χ1n) is 12.4. The van der Waals surface area contributed by atoms with Gasteiger partial charge < -0.3 is 24.1 Å². The Morgan fingerprint density at radius 1 is 1.25 bits per heavy atom. The maximum atomic E-state index is 11.7. The normalized spacial score (nSPS) is 52.1. The molecule has 1 N–H and O–H groups in total. The van der Waals surface area contributed by atoms with E-state index < -0.39 is 11.9 Å². The van der Waals surface area contributed by atoms with E-state index in [1.54, 1.807) is 14.2 Å². The SMILES string of the molecule is COCC(C)[C@H]1CC[C@H]2[C@@H]3[C@H](O)CC4=C[C@@H](OC(C)=O)[C@@H]5O[C@]5(OC)[C@]4(C)[C@H]3CC[C@]12C. The van der Waals surface area contributed by atoms with Crippen molar-refractivity contribution in [3.05, 3.63) is 11.6 Å². The fourth-order valence-corrected chi connectivity index (χ4v) is 9.10. The summed E-state index contributed by atoms with van der Waals surface area (Å²) in [7, 11) is 3.51. The number of epoxide rings is 1. The number of hydrogen-bond acceptors (Lipinski definition) is 6. The minimum absolute atomic E-state index is 0.233. The second kappa shape index (κ2) is 7.53. The number of hydrogen-bond donors (Lipinski definition) is 1. The molecule has 6 heteroatoms. The van der Waals surface area contributed by atoms with Crippen LogP contribution in [0, 0.1) is 40.4 Å². The van der Waals surface area contributed by atoms with Crippen LogP contribution in [0.4, 0.5) is 0 Å². The molecule has 0 aromatic carbocycles. The zero-order valence-electron chi connectivity index (χ0n) is 20.4. The summed E-state index contributed by atoms with van der Waals surface area (Å²) < 4.78 is 23.4. The highest BCUT2D eigenvalue weighted by Gasteiger charge is 2.78. The summed E-state index contributed by atoms with van der Waals surface area (Å²) in [5.41, 5.74) is 1.06. The number of fused-ring (bicyclic) bond motifs is 7. The molecular formula is C26H40O6. The molecule has 1 saturated heterocycles. The molecule has 0 radical (unpaired) electrons. The van der Waals surface area contributed by atoms with Gasteiger partial charge in [-0.3, -0.25) is 4.79 Å². The van der Waals surface area contributed by atoms with E-state index in [-0.39, 0.29) is 40.8 Å². The maximum absolute atomic E-state index is 11.7. The van der Waals surface area contributed by atoms with Gasteiger partial charge in [0.15, 0.2) is 12.2 Å². The zero-order chi connectivity index (χ0) is 23.1. The first-order chi connectivity index (χ1) is 15.1. The lowest BCUT2D eigenvalue weighted by Gasteiger charge is -2.60. The van der Waals surface area contributed by atoms with Gasteiger partial charge in [0.05, 0.1) is 6.10 Å². The predicted molar refractivity (Wildman–Crippen MR) is 119 cm³/mol. The lowest BCUT2D eigenvalue weighted by atomic mass is 9.45. The number of aliphatic hydroxyl groups excluding tert-OH is 1. The first-order valence-corrected chi connectivity index (χ1v) is 12.4. The third kappa shape index (κ3) is 2.82. The zero-order valence-corrected chi connectivity index (χ0v) is 20.4. The molecule has 0 aromatic rings. The Bertz CT molecular complexity index is 810. The molecule has 4 fully saturated rings. The summed E-state index contributed by atoms with van der Waals surface area (Å²) in [6.07, 6.45) is 6.15. The number of carbonyl (C=O) groups excluding carboxylic acids is 1. The van der Waals surface area contributed by atoms with E-state index in [9.17, 15) is 9.90 Å². The van der Waals surface area contributed by atoms with Gasteiger partial charge in [0.25, 0.3) is 0 Å². The summed E-state index contributed by atoms with van der Waals surface area (Å²) in [4.78, 5) is 11.7. The lowest BCUT2D eigenvalue weighted by molar-refractivity contribution is -0.183. The first kappa shape index (κ1) is 22.8. The van der Waals surface area contributed by atoms with Crippen LogP contribution < -0.4 is 0 Å². The molecular weight excluding hydrogens is 408 g/mol. The minimum Gasteiger partial charge on any atom is -0.455 e. The molecule has 1 unspecified atom stereocenters. The van der Waals surface area contributed by atoms with Crippen LogP contribution in [0.5, 0.6) is 0 Å². The van der Waals surface area contributed by atoms with Crippen molar-refractivity contribution >= 4 is 5.97 Å². The van der Waals surface area contributed by atoms with Crippen molar-refractivity contribution in [2.45, 2.75) is 83.9 Å². The number of esters is 1. The smallest absolute Gasteiger partial charge is 0.303 e. The van der Waals surface area contributed by atoms with Crippen LogP contribution in [0.25, 0.3) is 0 Å². The van der Waals surface area contributed by atoms with Crippen LogP contribution in [-0.4, -0.2) is 56.0 Å². The molecule has 1 heterocycles. The van der Waals surface area contributed by atoms with Crippen LogP contribution in [0.3, 0.4) is 0 Å². The molecule has 0 amide bonds. The van der Waals surface area contributed by atoms with E-state index >= 15 is 0 Å². The standard InChI is InChI=1S/C26H40O6/c1-14(13-29-5)17-7-8-18-22-19(9-10-24(17,18)3)25(4)16(11-20(22)28)12-21(31-15(2)27)23-26(25,30-6)32-23/h12,14,17-23,28H,7-11,13H2,1-6H3/t14?,17-,18+,19+,20-,21-,22+,23+,24-,25+,26+/m1/s1. The van der Waals surface area contributed by atoms with Gasteiger partial charge in [-0.25, -0.2) is 0 Å². The molecule has 0 bridgehead atoms. The van der Waals surface area contributed by atoms with E-state index in [2.05, 4.69) is 26.8 Å². The Balaban J connectivity index is 1.50. The number of ether oxygens (including phenoxy) is 4. The number of aliphatic hydroxyl groups is 1. The molecule has 3 saturated carbocycles. The van der Waals surface area contributed by atoms with Gasteiger partial charge in [-0.05, 0) is 73.2 Å². The fourth-order valence-electron chi connectivity index (χ4n) is 9.10. The van der Waals surface area contributed by atoms with Crippen LogP contribution in [0.15, 0.2) is 11.6 Å². The van der Waals surface area contributed by atoms with Crippen molar-refractivity contribution in [2.75, 3.05) is 20.8 Å². The Labute approximate surface area is 192 Å². The average molecular weight is 449 g/mol. The van der Waals surface area contributed by atoms with Gasteiger partial charge in [-0.1, -0.05) is 26.3 Å². The van der Waals surface area contributed by atoms with Crippen LogP contribution in [-0.2, 0) is 23.7 Å². The van der Waals surface area contributed by atoms with Gasteiger partial charge in [0.1, 0.15) is 0 Å². The molecule has 0 spiro atoms. The molecule has 5 aliphatic rings. The van der Waals surface area contributed by atoms with E-state index in [0.717, 1.165) is 25.0 Å². The quantitative estimate of drug-likeness (QED) is 0.392. The average Bonchev–Trinajstić information content (AvgIpc) is 3.40. The van der Waals surface area contributed by atoms with Crippen molar-refractivity contribution in [1.82, 2.24) is 0 Å². The van der Waals surface area contributed by atoms with Crippen molar-refractivity contribution in [3.8, 4) is 0 Å². The van der Waals surface area contributed by atoms with Crippen molar-refractivity contribution < 1.29 is 28.8 Å². The number of methoxy groups -OCH3 is 2. The van der Waals surface area contributed by atoms with Gasteiger partial charge in [0.2, 0.25) is 5.79 Å². The molecule has 5 rings (SSSR count). The van der Waals surface area contributed by atoms with Crippen LogP contribution in [0.1, 0.15) is 59.8 Å². The van der Waals surface area contributed by atoms with Gasteiger partial charge in [0, 0.05) is 33.2 Å². The van der Waals surface area contributed by atoms with E-state index in [1.165, 1.54) is 19.8 Å². The van der Waals surface area contributed by atoms with Crippen molar-refractivity contribution in [3.63, 3.8) is 0 Å². The molecule has 6 nitrogen and oxygen atoms in total. The number of carbonyl (C=O) groups is 1. The Kier molecular flexibility index (Phi) is 5.37. The Hall–Kier alpha value is -0.950. The second-order valence-electron chi connectivity index (χ2n) is 11.6. The van der Waals surface area contributed by atoms with E-state index in [0.29, 0.717) is 24.2 Å². The Morgan fingerprint density at radius 2 is 2.00 bits per heavy atom. The molecule has 0 aromatic heterocycles. The highest BCUT2D eigenvalue weighted by molar-refractivity contribution is 5.66. The monoisotopic (exact) mass is 448 g/mol. The van der Waals surface area contributed by atoms with Crippen molar-refractivity contribution in [2.24, 2.45) is 40.4 Å². The number of rotatable bonds is 5. The molecule has 1 aliphatic heterocycles. The molecule has 11 atom stereocenters. The Morgan fingerprint density at radius 3 is 2.66 bits per heavy atom. The molecule has 180 valence electrons. The molecule has 4 aliphatic carbocycles. The topological polar surface area (TPSA) is 77.5 Å². The highest BCUT2D eigenvalue weighted by atomic mass is 16.8. The second-order valence-corrected chi connectivity index (χ2v) is 11.6. The highest BCUT2D eigenvalue weighted by Crippen LogP contribution is 2.72. The third-order valence-corrected chi connectivity index (χ3v) is 10.4. The summed E-state index contributed by atoms with van der Waals surface area (Å²) >= 11 is 0. The van der Waals surface area contributed by atoms with Crippen LogP contribution >= 0.6 is 0 Å². The fraction of sp³-hybridized carbons (Fsp3) is 0.885. The minimum atomic E-state index is -0.769. The lowest BCUT2D eigenvalue weighted by Crippen LogP contribution is -2.61. The van der Waals surface area contributed by atoms with Gasteiger partial charge in [-0.15, -0.1) is 0 Å². The maximum Gasteiger partial charge on any atom is 0.303 e. The third-order valence-electron chi connectivity index (χ3n) is 10.4. The molecule has 32 heavy (non-hydrogen) atoms. The van der Waals surface area contributed by atoms with Crippen LogP contribution in [0.2, 0.25) is 0 Å². The van der Waals surface area contributed by atoms with Crippen molar-refractivity contribution in [1.29, 1.82) is 0 Å². The largest absolute Gasteiger partial charge is 0.455 e. The predicted octanol–water partition coefficient (Wildman–Crippen LogP) is 3.71. The van der Waals surface area contributed by atoms with Gasteiger partial charge >= 0.3 is 5.97 Å². The summed E-state index contributed by atoms with van der Waals surface area (Å²) in [6.45, 7) is 9.30. The van der Waals surface area contributed by atoms with Gasteiger partial charge in [-0.2, -0.15) is 0 Å². The summed E-state index contributed by atoms with van der Waals surface area (Å²) in [5.74, 6) is 1.09. The van der Waals surface area contributed by atoms with E-state index in [4.69, 9.17) is 18.9 Å². The summed E-state index contributed by atoms with van der Waals surface area (Å²) in [6, 6.07) is 0. The van der Waals surface area contributed by atoms with E-state index in [1.807, 2.05) is 0 Å².